The number of hydrogen-bond donors (Lipinski definition) is 1. The number of nitrogens with one attached hydrogen (secondary N) is 1. The number of carbonyl (C=O) groups is 2. The average Bonchev–Trinajstić information content (AvgIpc) is 3.05. The highest BCUT2D eigenvalue weighted by molar-refractivity contribution is 6.31. The maximum absolute atomic E-state index is 12.6. The van der Waals surface area contributed by atoms with Crippen molar-refractivity contribution in [1.29, 1.82) is 0 Å². The summed E-state index contributed by atoms with van der Waals surface area (Å²) in [6.07, 6.45) is 2.97. The van der Waals surface area contributed by atoms with Crippen LogP contribution < -0.4 is 10.1 Å². The highest BCUT2D eigenvalue weighted by atomic mass is 35.5. The van der Waals surface area contributed by atoms with Crippen molar-refractivity contribution >= 4 is 46.8 Å². The number of anilines is 1. The van der Waals surface area contributed by atoms with E-state index in [-0.39, 0.29) is 5.91 Å². The van der Waals surface area contributed by atoms with Crippen LogP contribution in [-0.4, -0.2) is 47.7 Å². The van der Waals surface area contributed by atoms with Gasteiger partial charge in [0.15, 0.2) is 0 Å². The summed E-state index contributed by atoms with van der Waals surface area (Å²) in [4.78, 5) is 26.3. The molecule has 0 unspecified atom stereocenters. The van der Waals surface area contributed by atoms with E-state index in [1.807, 2.05) is 31.2 Å². The molecule has 0 aliphatic carbocycles. The van der Waals surface area contributed by atoms with Gasteiger partial charge in [0.25, 0.3) is 5.91 Å². The van der Waals surface area contributed by atoms with Gasteiger partial charge in [0, 0.05) is 36.3 Å². The lowest BCUT2D eigenvalue weighted by Crippen LogP contribution is -2.22. The van der Waals surface area contributed by atoms with Gasteiger partial charge in [-0.1, -0.05) is 35.3 Å². The van der Waals surface area contributed by atoms with Crippen LogP contribution >= 0.6 is 23.2 Å². The van der Waals surface area contributed by atoms with Crippen LogP contribution in [0.5, 0.6) is 5.75 Å². The van der Waals surface area contributed by atoms with Crippen LogP contribution in [0, 0.1) is 6.92 Å². The number of aromatic nitrogens is 2. The highest BCUT2D eigenvalue weighted by Gasteiger charge is 2.14. The van der Waals surface area contributed by atoms with Crippen LogP contribution in [0.25, 0.3) is 6.08 Å². The molecule has 172 valence electrons. The number of benzene rings is 2. The summed E-state index contributed by atoms with van der Waals surface area (Å²) in [5.41, 5.74) is 3.15. The zero-order valence-corrected chi connectivity index (χ0v) is 20.2. The number of methoxy groups -OCH3 is 1. The fourth-order valence-electron chi connectivity index (χ4n) is 3.15. The van der Waals surface area contributed by atoms with E-state index in [0.29, 0.717) is 45.0 Å². The zero-order chi connectivity index (χ0) is 24.1. The SMILES string of the molecule is COc1ccc(C(=O)N(C)C)cc1NC(=O)/C=C/c1c(C)nn(Cc2ccc(Cl)cc2)c1Cl. The second-order valence-corrected chi connectivity index (χ2v) is 8.31. The van der Waals surface area contributed by atoms with Gasteiger partial charge in [-0.25, -0.2) is 4.68 Å². The second kappa shape index (κ2) is 10.6. The lowest BCUT2D eigenvalue weighted by molar-refractivity contribution is -0.111. The fourth-order valence-corrected chi connectivity index (χ4v) is 3.58. The van der Waals surface area contributed by atoms with E-state index in [2.05, 4.69) is 10.4 Å². The van der Waals surface area contributed by atoms with Crippen LogP contribution in [0.1, 0.15) is 27.2 Å². The Morgan fingerprint density at radius 1 is 1.15 bits per heavy atom. The highest BCUT2D eigenvalue weighted by Crippen LogP contribution is 2.27. The van der Waals surface area contributed by atoms with E-state index >= 15 is 0 Å². The molecule has 3 rings (SSSR count). The van der Waals surface area contributed by atoms with Crippen molar-refractivity contribution in [3.8, 4) is 5.75 Å². The van der Waals surface area contributed by atoms with Gasteiger partial charge in [0.05, 0.1) is 25.0 Å². The van der Waals surface area contributed by atoms with Crippen molar-refractivity contribution in [2.45, 2.75) is 13.5 Å². The van der Waals surface area contributed by atoms with Gasteiger partial charge in [-0.05, 0) is 48.9 Å². The van der Waals surface area contributed by atoms with Gasteiger partial charge < -0.3 is 15.0 Å². The summed E-state index contributed by atoms with van der Waals surface area (Å²) in [6.45, 7) is 2.29. The van der Waals surface area contributed by atoms with Gasteiger partial charge in [-0.3, -0.25) is 9.59 Å². The van der Waals surface area contributed by atoms with Crippen LogP contribution in [0.3, 0.4) is 0 Å². The van der Waals surface area contributed by atoms with Gasteiger partial charge in [-0.2, -0.15) is 5.10 Å². The Hall–Kier alpha value is -3.29. The average molecular weight is 487 g/mol. The molecule has 0 atom stereocenters. The molecule has 0 aliphatic rings. The minimum atomic E-state index is -0.399. The first-order valence-corrected chi connectivity index (χ1v) is 10.8. The number of amides is 2. The second-order valence-electron chi connectivity index (χ2n) is 7.51. The molecular formula is C24H24Cl2N4O3. The van der Waals surface area contributed by atoms with E-state index in [1.54, 1.807) is 43.1 Å². The maximum atomic E-state index is 12.6. The topological polar surface area (TPSA) is 76.5 Å². The summed E-state index contributed by atoms with van der Waals surface area (Å²) in [5.74, 6) is -0.139. The molecule has 0 fully saturated rings. The minimum Gasteiger partial charge on any atom is -0.495 e. The maximum Gasteiger partial charge on any atom is 0.253 e. The molecule has 2 amide bonds. The number of aryl methyl sites for hydroxylation is 1. The molecule has 0 bridgehead atoms. The molecular weight excluding hydrogens is 463 g/mol. The number of ether oxygens (including phenoxy) is 1. The third kappa shape index (κ3) is 5.94. The number of rotatable bonds is 7. The van der Waals surface area contributed by atoms with Crippen LogP contribution in [0.15, 0.2) is 48.5 Å². The Balaban J connectivity index is 1.77. The summed E-state index contributed by atoms with van der Waals surface area (Å²) < 4.78 is 6.97. The summed E-state index contributed by atoms with van der Waals surface area (Å²) in [7, 11) is 4.81. The first-order chi connectivity index (χ1) is 15.7. The molecule has 0 aliphatic heterocycles. The molecule has 9 heteroatoms. The largest absolute Gasteiger partial charge is 0.495 e. The lowest BCUT2D eigenvalue weighted by atomic mass is 10.1. The lowest BCUT2D eigenvalue weighted by Gasteiger charge is -2.14. The standard InChI is InChI=1S/C24H24Cl2N4O3/c1-15-19(23(26)30(28-15)14-16-5-8-18(25)9-6-16)10-12-22(31)27-20-13-17(24(32)29(2)3)7-11-21(20)33-4/h5-13H,14H2,1-4H3,(H,27,31)/b12-10+. The molecule has 33 heavy (non-hydrogen) atoms. The van der Waals surface area contributed by atoms with E-state index in [1.165, 1.54) is 18.1 Å². The molecule has 0 radical (unpaired) electrons. The molecule has 2 aromatic carbocycles. The smallest absolute Gasteiger partial charge is 0.253 e. The van der Waals surface area contributed by atoms with Gasteiger partial charge in [0.2, 0.25) is 5.91 Å². The molecule has 1 N–H and O–H groups in total. The first-order valence-electron chi connectivity index (χ1n) is 10.1. The Kier molecular flexibility index (Phi) is 7.79. The van der Waals surface area contributed by atoms with Gasteiger partial charge in [-0.15, -0.1) is 0 Å². The number of hydrogen-bond acceptors (Lipinski definition) is 4. The molecule has 0 spiro atoms. The van der Waals surface area contributed by atoms with E-state index in [0.717, 1.165) is 5.56 Å². The Bertz CT molecular complexity index is 1200. The van der Waals surface area contributed by atoms with E-state index in [9.17, 15) is 9.59 Å². The zero-order valence-electron chi connectivity index (χ0n) is 18.7. The summed E-state index contributed by atoms with van der Waals surface area (Å²) in [5, 5.41) is 8.30. The van der Waals surface area contributed by atoms with E-state index < -0.39 is 5.91 Å². The molecule has 7 nitrogen and oxygen atoms in total. The molecule has 0 saturated carbocycles. The summed E-state index contributed by atoms with van der Waals surface area (Å²) >= 11 is 12.5. The Morgan fingerprint density at radius 2 is 1.85 bits per heavy atom. The van der Waals surface area contributed by atoms with E-state index in [4.69, 9.17) is 27.9 Å². The van der Waals surface area contributed by atoms with Gasteiger partial charge >= 0.3 is 0 Å². The molecule has 1 heterocycles. The number of halogens is 2. The minimum absolute atomic E-state index is 0.181. The third-order valence-corrected chi connectivity index (χ3v) is 5.52. The van der Waals surface area contributed by atoms with Crippen molar-refractivity contribution in [3.05, 3.63) is 81.1 Å². The van der Waals surface area contributed by atoms with Crippen molar-refractivity contribution in [1.82, 2.24) is 14.7 Å². The van der Waals surface area contributed by atoms with Crippen LogP contribution in [-0.2, 0) is 11.3 Å². The normalized spacial score (nSPS) is 11.0. The van der Waals surface area contributed by atoms with Crippen LogP contribution in [0.4, 0.5) is 5.69 Å². The van der Waals surface area contributed by atoms with Crippen molar-refractivity contribution in [2.24, 2.45) is 0 Å². The van der Waals surface area contributed by atoms with Gasteiger partial charge in [0.1, 0.15) is 10.9 Å². The van der Waals surface area contributed by atoms with Crippen molar-refractivity contribution in [3.63, 3.8) is 0 Å². The predicted octanol–water partition coefficient (Wildman–Crippen LogP) is 4.91. The Morgan fingerprint density at radius 3 is 2.48 bits per heavy atom. The van der Waals surface area contributed by atoms with Crippen molar-refractivity contribution in [2.75, 3.05) is 26.5 Å². The number of carbonyl (C=O) groups excluding carboxylic acids is 2. The number of nitrogens with zero attached hydrogens (tertiary/aromatic N) is 3. The summed E-state index contributed by atoms with van der Waals surface area (Å²) in [6, 6.07) is 12.3. The Labute approximate surface area is 202 Å². The predicted molar refractivity (Wildman–Crippen MR) is 131 cm³/mol. The monoisotopic (exact) mass is 486 g/mol. The third-order valence-electron chi connectivity index (χ3n) is 4.87. The van der Waals surface area contributed by atoms with Crippen molar-refractivity contribution < 1.29 is 14.3 Å². The van der Waals surface area contributed by atoms with Crippen LogP contribution in [0.2, 0.25) is 10.2 Å². The fraction of sp³-hybridized carbons (Fsp3) is 0.208. The quantitative estimate of drug-likeness (QED) is 0.481. The molecule has 1 aromatic heterocycles. The first kappa shape index (κ1) is 24.4. The molecule has 3 aromatic rings. The molecule has 0 saturated heterocycles.